The first-order valence-corrected chi connectivity index (χ1v) is 4.47. The van der Waals surface area contributed by atoms with Gasteiger partial charge in [0, 0.05) is 0 Å². The summed E-state index contributed by atoms with van der Waals surface area (Å²) in [5, 5.41) is 4.02. The van der Waals surface area contributed by atoms with Gasteiger partial charge in [-0.05, 0) is 11.4 Å². The molecule has 1 rings (SSSR count). The second kappa shape index (κ2) is 4.18. The lowest BCUT2D eigenvalue weighted by molar-refractivity contribution is -0.135. The van der Waals surface area contributed by atoms with E-state index >= 15 is 0 Å². The molecule has 0 aromatic carbocycles. The second-order valence-corrected chi connectivity index (χ2v) is 2.99. The van der Waals surface area contributed by atoms with Crippen molar-refractivity contribution in [1.29, 1.82) is 0 Å². The summed E-state index contributed by atoms with van der Waals surface area (Å²) in [5.74, 6) is -1.93. The maximum atomic E-state index is 11.1. The van der Waals surface area contributed by atoms with Crippen LogP contribution in [0.5, 0.6) is 0 Å². The van der Waals surface area contributed by atoms with Crippen molar-refractivity contribution < 1.29 is 14.4 Å². The molecule has 0 aliphatic carbocycles. The molecule has 5 nitrogen and oxygen atoms in total. The highest BCUT2D eigenvalue weighted by Gasteiger charge is 2.32. The first kappa shape index (κ1) is 9.91. The molecule has 0 radical (unpaired) electrons. The van der Waals surface area contributed by atoms with Crippen LogP contribution < -0.4 is 10.6 Å². The van der Waals surface area contributed by atoms with Crippen molar-refractivity contribution in [3.05, 3.63) is 11.1 Å². The van der Waals surface area contributed by atoms with E-state index in [1.807, 2.05) is 10.6 Å². The molecule has 2 N–H and O–H groups in total. The molecule has 0 unspecified atom stereocenters. The van der Waals surface area contributed by atoms with Gasteiger partial charge in [0.15, 0.2) is 0 Å². The Morgan fingerprint density at radius 3 is 2.23 bits per heavy atom. The molecular formula is C7H7BrN2O3. The van der Waals surface area contributed by atoms with Crippen molar-refractivity contribution in [2.24, 2.45) is 5.92 Å². The molecule has 13 heavy (non-hydrogen) atoms. The van der Waals surface area contributed by atoms with Crippen LogP contribution in [0.25, 0.3) is 0 Å². The zero-order chi connectivity index (χ0) is 9.84. The highest BCUT2D eigenvalue weighted by Crippen LogP contribution is 2.08. The number of hydrogen-bond donors (Lipinski definition) is 2. The van der Waals surface area contributed by atoms with Crippen LogP contribution >= 0.6 is 15.9 Å². The lowest BCUT2D eigenvalue weighted by Gasteiger charge is -2.18. The molecule has 0 spiro atoms. The Hall–Kier alpha value is -1.17. The number of carbonyl (C=O) groups excluding carboxylic acids is 3. The summed E-state index contributed by atoms with van der Waals surface area (Å²) in [4.78, 5) is 34.3. The summed E-state index contributed by atoms with van der Waals surface area (Å²) in [6, 6.07) is -0.755. The number of barbiturate groups is 1. The Bertz CT molecular complexity index is 267. The van der Waals surface area contributed by atoms with Crippen molar-refractivity contribution in [3.8, 4) is 0 Å². The molecule has 6 heteroatoms. The van der Waals surface area contributed by atoms with Crippen molar-refractivity contribution in [2.75, 3.05) is 0 Å². The van der Waals surface area contributed by atoms with Gasteiger partial charge in [-0.1, -0.05) is 22.0 Å². The molecule has 0 atom stereocenters. The Labute approximate surface area is 82.7 Å². The third-order valence-electron chi connectivity index (χ3n) is 1.57. The zero-order valence-corrected chi connectivity index (χ0v) is 8.13. The Morgan fingerprint density at radius 2 is 1.77 bits per heavy atom. The average molecular weight is 247 g/mol. The van der Waals surface area contributed by atoms with E-state index in [-0.39, 0.29) is 6.42 Å². The molecule has 1 saturated heterocycles. The number of urea groups is 1. The Morgan fingerprint density at radius 1 is 1.23 bits per heavy atom. The molecule has 70 valence electrons. The number of amides is 4. The van der Waals surface area contributed by atoms with Gasteiger partial charge < -0.3 is 0 Å². The standard InChI is InChI=1S/C7H7BrN2O3/c8-3-1-2-4-5(11)9-7(13)10-6(4)12/h1,3-4H,2H2,(H2,9,10,11,12,13). The van der Waals surface area contributed by atoms with Gasteiger partial charge in [-0.25, -0.2) is 4.79 Å². The van der Waals surface area contributed by atoms with Crippen molar-refractivity contribution in [1.82, 2.24) is 10.6 Å². The van der Waals surface area contributed by atoms with E-state index in [0.29, 0.717) is 0 Å². The van der Waals surface area contributed by atoms with Gasteiger partial charge in [0.2, 0.25) is 11.8 Å². The lowest BCUT2D eigenvalue weighted by atomic mass is 10.0. The molecule has 0 bridgehead atoms. The minimum absolute atomic E-state index is 0.274. The zero-order valence-electron chi connectivity index (χ0n) is 6.54. The minimum Gasteiger partial charge on any atom is -0.277 e. The average Bonchev–Trinajstić information content (AvgIpc) is 2.02. The number of rotatable bonds is 2. The number of imide groups is 2. The maximum Gasteiger partial charge on any atom is 0.328 e. The number of carbonyl (C=O) groups is 3. The van der Waals surface area contributed by atoms with Gasteiger partial charge in [0.1, 0.15) is 5.92 Å². The van der Waals surface area contributed by atoms with Crippen LogP contribution in [0.3, 0.4) is 0 Å². The molecule has 0 aromatic rings. The summed E-state index contributed by atoms with van der Waals surface area (Å²) in [6.45, 7) is 0. The van der Waals surface area contributed by atoms with Crippen molar-refractivity contribution >= 4 is 33.8 Å². The van der Waals surface area contributed by atoms with Crippen molar-refractivity contribution in [3.63, 3.8) is 0 Å². The molecule has 1 heterocycles. The van der Waals surface area contributed by atoms with Gasteiger partial charge in [0.25, 0.3) is 0 Å². The molecular weight excluding hydrogens is 240 g/mol. The normalized spacial score (nSPS) is 19.0. The highest BCUT2D eigenvalue weighted by atomic mass is 79.9. The summed E-state index contributed by atoms with van der Waals surface area (Å²) in [6.07, 6.45) is 1.90. The number of allylic oxidation sites excluding steroid dienone is 1. The van der Waals surface area contributed by atoms with Crippen LogP contribution in [-0.4, -0.2) is 17.8 Å². The van der Waals surface area contributed by atoms with E-state index < -0.39 is 23.8 Å². The summed E-state index contributed by atoms with van der Waals surface area (Å²) >= 11 is 3.02. The fourth-order valence-corrected chi connectivity index (χ4v) is 1.17. The fourth-order valence-electron chi connectivity index (χ4n) is 0.950. The molecule has 0 saturated carbocycles. The molecule has 0 aromatic heterocycles. The lowest BCUT2D eigenvalue weighted by Crippen LogP contribution is -2.55. The third-order valence-corrected chi connectivity index (χ3v) is 1.94. The van der Waals surface area contributed by atoms with E-state index in [1.165, 1.54) is 0 Å². The molecule has 1 aliphatic rings. The smallest absolute Gasteiger partial charge is 0.277 e. The fraction of sp³-hybridized carbons (Fsp3) is 0.286. The van der Waals surface area contributed by atoms with Crippen LogP contribution in [0.1, 0.15) is 6.42 Å². The minimum atomic E-state index is -0.813. The van der Waals surface area contributed by atoms with Crippen LogP contribution in [0.15, 0.2) is 11.1 Å². The van der Waals surface area contributed by atoms with Gasteiger partial charge >= 0.3 is 6.03 Å². The Balaban J connectivity index is 2.67. The van der Waals surface area contributed by atoms with Gasteiger partial charge in [0.05, 0.1) is 0 Å². The summed E-state index contributed by atoms with van der Waals surface area (Å²) in [7, 11) is 0. The highest BCUT2D eigenvalue weighted by molar-refractivity contribution is 9.11. The van der Waals surface area contributed by atoms with Crippen LogP contribution in [0, 0.1) is 5.92 Å². The van der Waals surface area contributed by atoms with E-state index in [4.69, 9.17) is 0 Å². The number of halogens is 1. The largest absolute Gasteiger partial charge is 0.328 e. The predicted molar refractivity (Wildman–Crippen MR) is 47.9 cm³/mol. The molecule has 1 fully saturated rings. The third kappa shape index (κ3) is 2.38. The summed E-state index contributed by atoms with van der Waals surface area (Å²) < 4.78 is 0. The monoisotopic (exact) mass is 246 g/mol. The van der Waals surface area contributed by atoms with Crippen LogP contribution in [0.4, 0.5) is 4.79 Å². The van der Waals surface area contributed by atoms with Crippen molar-refractivity contribution in [2.45, 2.75) is 6.42 Å². The molecule has 4 amide bonds. The first-order valence-electron chi connectivity index (χ1n) is 3.56. The van der Waals surface area contributed by atoms with E-state index in [0.717, 1.165) is 0 Å². The van der Waals surface area contributed by atoms with Crippen LogP contribution in [0.2, 0.25) is 0 Å². The topological polar surface area (TPSA) is 75.3 Å². The van der Waals surface area contributed by atoms with Gasteiger partial charge in [-0.3, -0.25) is 20.2 Å². The Kier molecular flexibility index (Phi) is 3.18. The SMILES string of the molecule is O=C1NC(=O)C(CC=CBr)C(=O)N1. The number of nitrogens with one attached hydrogen (secondary N) is 2. The second-order valence-electron chi connectivity index (χ2n) is 2.46. The first-order chi connectivity index (χ1) is 6.15. The maximum absolute atomic E-state index is 11.1. The molecule has 1 aliphatic heterocycles. The predicted octanol–water partition coefficient (Wildman–Crippen LogP) is 0.267. The van der Waals surface area contributed by atoms with Gasteiger partial charge in [-0.2, -0.15) is 0 Å². The number of hydrogen-bond acceptors (Lipinski definition) is 3. The van der Waals surface area contributed by atoms with E-state index in [9.17, 15) is 14.4 Å². The summed E-state index contributed by atoms with van der Waals surface area (Å²) in [5.41, 5.74) is 0. The van der Waals surface area contributed by atoms with E-state index in [1.54, 1.807) is 11.1 Å². The van der Waals surface area contributed by atoms with Gasteiger partial charge in [-0.15, -0.1) is 0 Å². The van der Waals surface area contributed by atoms with Crippen LogP contribution in [-0.2, 0) is 9.59 Å². The van der Waals surface area contributed by atoms with E-state index in [2.05, 4.69) is 15.9 Å². The quantitative estimate of drug-likeness (QED) is 0.687.